The Kier molecular flexibility index (Phi) is 5.72. The van der Waals surface area contributed by atoms with Crippen LogP contribution in [0.2, 0.25) is 0 Å². The Hall–Kier alpha value is -1.80. The smallest absolute Gasteiger partial charge is 0.219 e. The molecule has 2 aromatic rings. The van der Waals surface area contributed by atoms with Crippen molar-refractivity contribution in [3.05, 3.63) is 28.5 Å². The largest absolute Gasteiger partial charge is 0.343 e. The van der Waals surface area contributed by atoms with Crippen LogP contribution in [-0.2, 0) is 23.4 Å². The maximum absolute atomic E-state index is 11.6. The number of hydrogen-bond acceptors (Lipinski definition) is 6. The van der Waals surface area contributed by atoms with Crippen LogP contribution < -0.4 is 0 Å². The Morgan fingerprint density at radius 3 is 2.58 bits per heavy atom. The zero-order valence-corrected chi connectivity index (χ0v) is 16.9. The molecule has 0 bridgehead atoms. The summed E-state index contributed by atoms with van der Waals surface area (Å²) in [5, 5.41) is 8.68. The van der Waals surface area contributed by atoms with Crippen LogP contribution in [0.3, 0.4) is 0 Å². The summed E-state index contributed by atoms with van der Waals surface area (Å²) in [6.07, 6.45) is 5.97. The van der Waals surface area contributed by atoms with Crippen LogP contribution in [0.5, 0.6) is 0 Å². The van der Waals surface area contributed by atoms with Gasteiger partial charge in [-0.3, -0.25) is 14.7 Å². The first kappa shape index (κ1) is 19.0. The molecule has 0 aromatic carbocycles. The highest BCUT2D eigenvalue weighted by Gasteiger charge is 2.27. The van der Waals surface area contributed by atoms with Gasteiger partial charge in [0, 0.05) is 50.2 Å². The van der Waals surface area contributed by atoms with E-state index >= 15 is 0 Å². The average molecular weight is 377 g/mol. The van der Waals surface area contributed by atoms with Crippen LogP contribution in [-0.4, -0.2) is 54.8 Å². The molecule has 1 aliphatic rings. The highest BCUT2D eigenvalue weighted by molar-refractivity contribution is 7.09. The van der Waals surface area contributed by atoms with Gasteiger partial charge in [0.15, 0.2) is 0 Å². The number of amides is 1. The number of thiazole rings is 1. The van der Waals surface area contributed by atoms with Crippen molar-refractivity contribution in [3.63, 3.8) is 0 Å². The summed E-state index contributed by atoms with van der Waals surface area (Å²) in [6.45, 7) is 11.3. The van der Waals surface area contributed by atoms with Crippen LogP contribution in [0.15, 0.2) is 17.9 Å². The van der Waals surface area contributed by atoms with Gasteiger partial charge < -0.3 is 4.90 Å². The molecule has 142 valence electrons. The van der Waals surface area contributed by atoms with Crippen molar-refractivity contribution >= 4 is 17.2 Å². The third-order valence-electron chi connectivity index (χ3n) is 4.86. The number of carbonyl (C=O) groups is 1. The van der Waals surface area contributed by atoms with Gasteiger partial charge in [0.25, 0.3) is 0 Å². The molecule has 0 unspecified atom stereocenters. The maximum Gasteiger partial charge on any atom is 0.219 e. The molecular formula is C18H28N6OS. The fraction of sp³-hybridized carbons (Fsp3) is 0.667. The molecule has 0 saturated carbocycles. The lowest BCUT2D eigenvalue weighted by atomic mass is 10.0. The fourth-order valence-corrected chi connectivity index (χ4v) is 3.91. The van der Waals surface area contributed by atoms with Gasteiger partial charge in [-0.1, -0.05) is 5.21 Å². The van der Waals surface area contributed by atoms with Crippen LogP contribution in [0, 0.1) is 0 Å². The zero-order valence-electron chi connectivity index (χ0n) is 16.1. The van der Waals surface area contributed by atoms with E-state index in [1.807, 2.05) is 27.5 Å². The third-order valence-corrected chi connectivity index (χ3v) is 5.63. The quantitative estimate of drug-likeness (QED) is 0.802. The molecule has 7 nitrogen and oxygen atoms in total. The second-order valence-electron chi connectivity index (χ2n) is 7.94. The second kappa shape index (κ2) is 7.84. The van der Waals surface area contributed by atoms with E-state index in [4.69, 9.17) is 0 Å². The Bertz CT molecular complexity index is 712. The minimum Gasteiger partial charge on any atom is -0.343 e. The summed E-state index contributed by atoms with van der Waals surface area (Å²) in [6, 6.07) is 0.437. The van der Waals surface area contributed by atoms with Crippen molar-refractivity contribution in [2.24, 2.45) is 0 Å². The Labute approximate surface area is 159 Å². The molecule has 1 aliphatic heterocycles. The van der Waals surface area contributed by atoms with E-state index < -0.39 is 0 Å². The van der Waals surface area contributed by atoms with Gasteiger partial charge in [-0.25, -0.2) is 4.68 Å². The van der Waals surface area contributed by atoms with E-state index in [0.717, 1.165) is 44.7 Å². The van der Waals surface area contributed by atoms with Gasteiger partial charge in [-0.2, -0.15) is 0 Å². The summed E-state index contributed by atoms with van der Waals surface area (Å²) in [5.74, 6) is 0.172. The molecule has 1 amide bonds. The topological polar surface area (TPSA) is 67.2 Å². The molecule has 0 radical (unpaired) electrons. The molecule has 8 heteroatoms. The first-order valence-corrected chi connectivity index (χ1v) is 9.99. The number of rotatable bonds is 5. The Balaban J connectivity index is 1.71. The van der Waals surface area contributed by atoms with Crippen LogP contribution in [0.1, 0.15) is 51.1 Å². The highest BCUT2D eigenvalue weighted by Crippen LogP contribution is 2.23. The molecule has 1 fully saturated rings. The predicted octanol–water partition coefficient (Wildman–Crippen LogP) is 2.50. The van der Waals surface area contributed by atoms with E-state index in [1.54, 1.807) is 18.3 Å². The lowest BCUT2D eigenvalue weighted by Gasteiger charge is -2.37. The average Bonchev–Trinajstić information content (AvgIpc) is 3.25. The van der Waals surface area contributed by atoms with E-state index in [9.17, 15) is 4.79 Å². The molecule has 3 rings (SSSR count). The fourth-order valence-electron chi connectivity index (χ4n) is 3.29. The van der Waals surface area contributed by atoms with Crippen LogP contribution in [0.4, 0.5) is 0 Å². The molecule has 0 spiro atoms. The van der Waals surface area contributed by atoms with Crippen molar-refractivity contribution in [3.8, 4) is 0 Å². The van der Waals surface area contributed by atoms with Crippen molar-refractivity contribution in [2.75, 3.05) is 13.1 Å². The number of likely N-dealkylation sites (tertiary alicyclic amines) is 1. The zero-order chi connectivity index (χ0) is 18.7. The summed E-state index contributed by atoms with van der Waals surface area (Å²) in [5.41, 5.74) is 2.79. The lowest BCUT2D eigenvalue weighted by Crippen LogP contribution is -2.45. The highest BCUT2D eigenvalue weighted by atomic mass is 32.1. The Morgan fingerprint density at radius 1 is 1.31 bits per heavy atom. The van der Waals surface area contributed by atoms with Crippen molar-refractivity contribution in [2.45, 2.75) is 65.2 Å². The van der Waals surface area contributed by atoms with Crippen molar-refractivity contribution in [1.82, 2.24) is 29.8 Å². The van der Waals surface area contributed by atoms with Crippen molar-refractivity contribution in [1.29, 1.82) is 0 Å². The minimum absolute atomic E-state index is 0.0689. The third kappa shape index (κ3) is 4.67. The monoisotopic (exact) mass is 376 g/mol. The second-order valence-corrected chi connectivity index (χ2v) is 8.91. The van der Waals surface area contributed by atoms with Crippen LogP contribution in [0.25, 0.3) is 0 Å². The lowest BCUT2D eigenvalue weighted by molar-refractivity contribution is -0.130. The number of piperidine rings is 1. The normalized spacial score (nSPS) is 16.4. The van der Waals surface area contributed by atoms with E-state index in [2.05, 4.69) is 41.0 Å². The SMILES string of the molecule is CC(=O)N1CCC(N(Cc2cn(C(C)(C)C)nn2)Cc2cncs2)CC1. The molecular weight excluding hydrogens is 348 g/mol. The molecule has 0 atom stereocenters. The summed E-state index contributed by atoms with van der Waals surface area (Å²) >= 11 is 1.68. The first-order valence-electron chi connectivity index (χ1n) is 9.11. The molecule has 26 heavy (non-hydrogen) atoms. The van der Waals surface area contributed by atoms with Gasteiger partial charge in [-0.05, 0) is 33.6 Å². The molecule has 0 aliphatic carbocycles. The van der Waals surface area contributed by atoms with Gasteiger partial charge in [0.05, 0.1) is 22.9 Å². The molecule has 3 heterocycles. The summed E-state index contributed by atoms with van der Waals surface area (Å²) in [4.78, 5) is 21.5. The van der Waals surface area contributed by atoms with Crippen molar-refractivity contribution < 1.29 is 4.79 Å². The predicted molar refractivity (Wildman–Crippen MR) is 102 cm³/mol. The minimum atomic E-state index is -0.0689. The number of carbonyl (C=O) groups excluding carboxylic acids is 1. The van der Waals surface area contributed by atoms with E-state index in [-0.39, 0.29) is 11.4 Å². The molecule has 2 aromatic heterocycles. The molecule has 0 N–H and O–H groups in total. The van der Waals surface area contributed by atoms with Gasteiger partial charge in [0.2, 0.25) is 5.91 Å². The number of aromatic nitrogens is 4. The van der Waals surface area contributed by atoms with Gasteiger partial charge in [-0.15, -0.1) is 16.4 Å². The summed E-state index contributed by atoms with van der Waals surface area (Å²) in [7, 11) is 0. The number of hydrogen-bond donors (Lipinski definition) is 0. The molecule has 1 saturated heterocycles. The van der Waals surface area contributed by atoms with E-state index in [0.29, 0.717) is 6.04 Å². The first-order chi connectivity index (χ1) is 12.3. The Morgan fingerprint density at radius 2 is 2.04 bits per heavy atom. The van der Waals surface area contributed by atoms with Crippen LogP contribution >= 0.6 is 11.3 Å². The maximum atomic E-state index is 11.6. The standard InChI is InChI=1S/C18H28N6OS/c1-14(25)22-7-5-16(6-8-22)23(12-17-9-19-13-26-17)10-15-11-24(21-20-15)18(2,3)4/h9,11,13,16H,5-8,10,12H2,1-4H3. The van der Waals surface area contributed by atoms with Gasteiger partial charge >= 0.3 is 0 Å². The number of nitrogens with zero attached hydrogens (tertiary/aromatic N) is 6. The van der Waals surface area contributed by atoms with E-state index in [1.165, 1.54) is 4.88 Å². The summed E-state index contributed by atoms with van der Waals surface area (Å²) < 4.78 is 1.92. The van der Waals surface area contributed by atoms with Gasteiger partial charge in [0.1, 0.15) is 0 Å².